The normalized spacial score (nSPS) is 14.3. The topological polar surface area (TPSA) is 95.9 Å². The zero-order chi connectivity index (χ0) is 22.0. The number of aliphatic hydroxyl groups is 1. The lowest BCUT2D eigenvalue weighted by atomic mass is 9.98. The minimum atomic E-state index is -1.55. The van der Waals surface area contributed by atoms with Crippen LogP contribution < -0.4 is 5.32 Å². The van der Waals surface area contributed by atoms with Gasteiger partial charge in [-0.2, -0.15) is 0 Å². The number of hydrogen-bond donors (Lipinski definition) is 3. The molecule has 3 aromatic carbocycles. The summed E-state index contributed by atoms with van der Waals surface area (Å²) in [5.41, 5.74) is 4.67. The van der Waals surface area contributed by atoms with Crippen LogP contribution in [0.3, 0.4) is 0 Å². The van der Waals surface area contributed by atoms with Gasteiger partial charge in [0, 0.05) is 10.4 Å². The summed E-state index contributed by atoms with van der Waals surface area (Å²) in [7, 11) is 0. The van der Waals surface area contributed by atoms with Gasteiger partial charge in [0.2, 0.25) is 0 Å². The summed E-state index contributed by atoms with van der Waals surface area (Å²) >= 11 is 3.29. The van der Waals surface area contributed by atoms with Crippen molar-refractivity contribution in [3.8, 4) is 11.1 Å². The molecule has 7 heteroatoms. The van der Waals surface area contributed by atoms with Crippen LogP contribution in [-0.2, 0) is 9.53 Å². The van der Waals surface area contributed by atoms with Crippen molar-refractivity contribution in [2.75, 3.05) is 6.61 Å². The summed E-state index contributed by atoms with van der Waals surface area (Å²) in [4.78, 5) is 24.1. The highest BCUT2D eigenvalue weighted by atomic mass is 79.9. The Kier molecular flexibility index (Phi) is 6.06. The van der Waals surface area contributed by atoms with E-state index in [0.717, 1.165) is 22.3 Å². The van der Waals surface area contributed by atoms with Gasteiger partial charge >= 0.3 is 12.1 Å². The van der Waals surface area contributed by atoms with Gasteiger partial charge in [0.1, 0.15) is 12.7 Å². The fourth-order valence-electron chi connectivity index (χ4n) is 3.93. The number of ether oxygens (including phenoxy) is 1. The van der Waals surface area contributed by atoms with Gasteiger partial charge in [-0.1, -0.05) is 76.6 Å². The molecule has 0 spiro atoms. The van der Waals surface area contributed by atoms with Crippen molar-refractivity contribution in [3.63, 3.8) is 0 Å². The van der Waals surface area contributed by atoms with Gasteiger partial charge in [-0.25, -0.2) is 9.59 Å². The minimum Gasteiger partial charge on any atom is -0.480 e. The van der Waals surface area contributed by atoms with Crippen molar-refractivity contribution in [1.29, 1.82) is 0 Å². The summed E-state index contributed by atoms with van der Waals surface area (Å²) < 4.78 is 6.09. The van der Waals surface area contributed by atoms with E-state index in [-0.39, 0.29) is 12.5 Å². The Balaban J connectivity index is 1.47. The molecule has 0 saturated carbocycles. The molecule has 1 aliphatic carbocycles. The van der Waals surface area contributed by atoms with Crippen molar-refractivity contribution >= 4 is 28.0 Å². The van der Waals surface area contributed by atoms with Crippen LogP contribution in [-0.4, -0.2) is 34.9 Å². The lowest BCUT2D eigenvalue weighted by Gasteiger charge is -2.21. The van der Waals surface area contributed by atoms with Crippen LogP contribution in [0.25, 0.3) is 11.1 Å². The van der Waals surface area contributed by atoms with Crippen LogP contribution in [0, 0.1) is 0 Å². The maximum atomic E-state index is 12.4. The van der Waals surface area contributed by atoms with Crippen LogP contribution in [0.15, 0.2) is 77.3 Å². The first-order valence-corrected chi connectivity index (χ1v) is 10.5. The summed E-state index contributed by atoms with van der Waals surface area (Å²) in [5.74, 6) is -1.50. The predicted molar refractivity (Wildman–Crippen MR) is 119 cm³/mol. The molecule has 2 atom stereocenters. The quantitative estimate of drug-likeness (QED) is 0.482. The van der Waals surface area contributed by atoms with Crippen molar-refractivity contribution in [1.82, 2.24) is 5.32 Å². The molecule has 0 bridgehead atoms. The summed E-state index contributed by atoms with van der Waals surface area (Å²) in [6, 6.07) is 20.9. The molecule has 0 unspecified atom stereocenters. The van der Waals surface area contributed by atoms with Crippen molar-refractivity contribution < 1.29 is 24.5 Å². The Bertz CT molecular complexity index is 1090. The third kappa shape index (κ3) is 4.33. The van der Waals surface area contributed by atoms with Gasteiger partial charge in [0.15, 0.2) is 6.04 Å². The Morgan fingerprint density at radius 2 is 1.58 bits per heavy atom. The second kappa shape index (κ2) is 8.91. The van der Waals surface area contributed by atoms with Gasteiger partial charge in [0.25, 0.3) is 0 Å². The molecule has 0 aromatic heterocycles. The highest BCUT2D eigenvalue weighted by Gasteiger charge is 2.32. The van der Waals surface area contributed by atoms with Crippen LogP contribution in [0.4, 0.5) is 4.79 Å². The molecule has 1 amide bonds. The van der Waals surface area contributed by atoms with Gasteiger partial charge in [-0.3, -0.25) is 0 Å². The molecule has 6 nitrogen and oxygen atoms in total. The molecule has 1 aliphatic rings. The summed E-state index contributed by atoms with van der Waals surface area (Å²) in [6.45, 7) is 0.0547. The Morgan fingerprint density at radius 3 is 2.16 bits per heavy atom. The van der Waals surface area contributed by atoms with Crippen molar-refractivity contribution in [2.45, 2.75) is 18.1 Å². The van der Waals surface area contributed by atoms with Gasteiger partial charge < -0.3 is 20.3 Å². The molecule has 3 aromatic rings. The zero-order valence-electron chi connectivity index (χ0n) is 16.4. The maximum absolute atomic E-state index is 12.4. The third-order valence-electron chi connectivity index (χ3n) is 5.39. The second-order valence-corrected chi connectivity index (χ2v) is 8.20. The van der Waals surface area contributed by atoms with E-state index in [0.29, 0.717) is 10.0 Å². The van der Waals surface area contributed by atoms with Gasteiger partial charge in [0.05, 0.1) is 0 Å². The first-order chi connectivity index (χ1) is 15.0. The number of halogens is 1. The summed E-state index contributed by atoms with van der Waals surface area (Å²) in [5, 5.41) is 22.3. The SMILES string of the molecule is O=C(N[C@H](C(=O)O)[C@@H](O)c1cccc(Br)c1)OCC1c2ccccc2-c2ccccc21. The smallest absolute Gasteiger partial charge is 0.407 e. The molecule has 31 heavy (non-hydrogen) atoms. The number of nitrogens with one attached hydrogen (secondary N) is 1. The summed E-state index contributed by atoms with van der Waals surface area (Å²) in [6.07, 6.45) is -2.33. The third-order valence-corrected chi connectivity index (χ3v) is 5.88. The predicted octanol–water partition coefficient (Wildman–Crippen LogP) is 4.47. The monoisotopic (exact) mass is 481 g/mol. The van der Waals surface area contributed by atoms with Crippen LogP contribution >= 0.6 is 15.9 Å². The molecule has 0 fully saturated rings. The van der Waals surface area contributed by atoms with Crippen LogP contribution in [0.5, 0.6) is 0 Å². The van der Waals surface area contributed by atoms with E-state index < -0.39 is 24.2 Å². The van der Waals surface area contributed by atoms with E-state index >= 15 is 0 Å². The lowest BCUT2D eigenvalue weighted by molar-refractivity contribution is -0.142. The fraction of sp³-hybridized carbons (Fsp3) is 0.167. The number of rotatable bonds is 6. The maximum Gasteiger partial charge on any atom is 0.407 e. The number of benzene rings is 3. The molecule has 4 rings (SSSR count). The number of hydrogen-bond acceptors (Lipinski definition) is 4. The Labute approximate surface area is 187 Å². The van der Waals surface area contributed by atoms with Crippen molar-refractivity contribution in [2.24, 2.45) is 0 Å². The number of fused-ring (bicyclic) bond motifs is 3. The van der Waals surface area contributed by atoms with Crippen LogP contribution in [0.1, 0.15) is 28.7 Å². The number of carboxylic acids is 1. The number of aliphatic hydroxyl groups excluding tert-OH is 1. The lowest BCUT2D eigenvalue weighted by Crippen LogP contribution is -2.45. The zero-order valence-corrected chi connectivity index (χ0v) is 18.0. The Morgan fingerprint density at radius 1 is 0.968 bits per heavy atom. The largest absolute Gasteiger partial charge is 0.480 e. The minimum absolute atomic E-state index is 0.0547. The van der Waals surface area contributed by atoms with E-state index in [2.05, 4.69) is 21.2 Å². The van der Waals surface area contributed by atoms with Gasteiger partial charge in [-0.15, -0.1) is 0 Å². The van der Waals surface area contributed by atoms with Crippen LogP contribution in [0.2, 0.25) is 0 Å². The highest BCUT2D eigenvalue weighted by molar-refractivity contribution is 9.10. The second-order valence-electron chi connectivity index (χ2n) is 7.29. The molecule has 0 heterocycles. The van der Waals surface area contributed by atoms with E-state index in [1.54, 1.807) is 24.3 Å². The molecule has 0 saturated heterocycles. The molecule has 3 N–H and O–H groups in total. The highest BCUT2D eigenvalue weighted by Crippen LogP contribution is 2.44. The van der Waals surface area contributed by atoms with E-state index in [4.69, 9.17) is 4.74 Å². The first-order valence-electron chi connectivity index (χ1n) is 9.73. The average Bonchev–Trinajstić information content (AvgIpc) is 3.09. The number of carbonyl (C=O) groups excluding carboxylic acids is 1. The number of aliphatic carboxylic acids is 1. The molecular weight excluding hydrogens is 462 g/mol. The number of carboxylic acid groups (broad SMARTS) is 1. The molecular formula is C24H20BrNO5. The number of alkyl carbamates (subject to hydrolysis) is 1. The van der Waals surface area contributed by atoms with E-state index in [1.807, 2.05) is 48.5 Å². The standard InChI is InChI=1S/C24H20BrNO5/c25-15-7-5-6-14(12-15)22(27)21(23(28)29)26-24(30)31-13-20-18-10-3-1-8-16(18)17-9-2-4-11-19(17)20/h1-12,20-22,27H,13H2,(H,26,30)(H,28,29)/t21-,22-/m0/s1. The average molecular weight is 482 g/mol. The van der Waals surface area contributed by atoms with Gasteiger partial charge in [-0.05, 0) is 39.9 Å². The Hall–Kier alpha value is -3.16. The molecule has 0 radical (unpaired) electrons. The van der Waals surface area contributed by atoms with Crippen molar-refractivity contribution in [3.05, 3.63) is 94.0 Å². The molecule has 0 aliphatic heterocycles. The number of carbonyl (C=O) groups is 2. The fourth-order valence-corrected chi connectivity index (χ4v) is 4.34. The number of amides is 1. The first kappa shape index (κ1) is 21.1. The van der Waals surface area contributed by atoms with E-state index in [1.165, 1.54) is 0 Å². The molecule has 158 valence electrons. The van der Waals surface area contributed by atoms with E-state index in [9.17, 15) is 19.8 Å².